The number of para-hydroxylation sites is 2. The Bertz CT molecular complexity index is 748. The van der Waals surface area contributed by atoms with Crippen molar-refractivity contribution in [1.29, 1.82) is 0 Å². The minimum Gasteiger partial charge on any atom is -0.382 e. The van der Waals surface area contributed by atoms with E-state index in [-0.39, 0.29) is 0 Å². The normalized spacial score (nSPS) is 15.0. The first-order valence-corrected chi connectivity index (χ1v) is 8.23. The van der Waals surface area contributed by atoms with Crippen molar-refractivity contribution in [2.75, 3.05) is 9.80 Å². The second-order valence-electron chi connectivity index (χ2n) is 6.37. The Morgan fingerprint density at radius 1 is 0.792 bits per heavy atom. The summed E-state index contributed by atoms with van der Waals surface area (Å²) in [6.07, 6.45) is 3.00. The number of nitrogens with two attached hydrogens (primary N) is 2. The lowest BCUT2D eigenvalue weighted by atomic mass is 10.1. The third-order valence-electron chi connectivity index (χ3n) is 3.99. The molecule has 4 heteroatoms. The number of anilines is 2. The van der Waals surface area contributed by atoms with Crippen LogP contribution in [0.5, 0.6) is 0 Å². The van der Waals surface area contributed by atoms with E-state index in [2.05, 4.69) is 24.9 Å². The molecule has 0 fully saturated rings. The fourth-order valence-corrected chi connectivity index (χ4v) is 2.92. The van der Waals surface area contributed by atoms with Gasteiger partial charge in [-0.3, -0.25) is 9.80 Å². The number of nitrogens with zero attached hydrogens (tertiary/aromatic N) is 2. The van der Waals surface area contributed by atoms with Gasteiger partial charge in [0.2, 0.25) is 0 Å². The average molecular weight is 320 g/mol. The largest absolute Gasteiger partial charge is 0.382 e. The van der Waals surface area contributed by atoms with E-state index in [1.165, 1.54) is 0 Å². The van der Waals surface area contributed by atoms with Crippen molar-refractivity contribution in [1.82, 2.24) is 0 Å². The monoisotopic (exact) mass is 320 g/mol. The SMILES string of the molecule is CC(C)CC1=CN(c2ccccc2)C(N)=C(N)N1c1ccccc1. The Balaban J connectivity index is 2.08. The summed E-state index contributed by atoms with van der Waals surface area (Å²) < 4.78 is 0. The molecule has 1 heterocycles. The van der Waals surface area contributed by atoms with Crippen LogP contribution in [0.3, 0.4) is 0 Å². The topological polar surface area (TPSA) is 58.5 Å². The summed E-state index contributed by atoms with van der Waals surface area (Å²) in [5.41, 5.74) is 16.0. The lowest BCUT2D eigenvalue weighted by molar-refractivity contribution is 0.625. The van der Waals surface area contributed by atoms with Gasteiger partial charge in [0.1, 0.15) is 11.6 Å². The summed E-state index contributed by atoms with van der Waals surface area (Å²) in [5.74, 6) is 1.60. The van der Waals surface area contributed by atoms with Crippen LogP contribution in [0.15, 0.2) is 84.2 Å². The number of hydrogen-bond donors (Lipinski definition) is 2. The molecule has 3 rings (SSSR count). The molecule has 1 aliphatic heterocycles. The molecule has 0 spiro atoms. The minimum atomic E-state index is 0.507. The maximum absolute atomic E-state index is 6.45. The van der Waals surface area contributed by atoms with Crippen LogP contribution in [0.2, 0.25) is 0 Å². The highest BCUT2D eigenvalue weighted by Crippen LogP contribution is 2.33. The predicted molar refractivity (Wildman–Crippen MR) is 101 cm³/mol. The fraction of sp³-hybridized carbons (Fsp3) is 0.200. The summed E-state index contributed by atoms with van der Waals surface area (Å²) in [5, 5.41) is 0. The molecule has 0 atom stereocenters. The first-order valence-electron chi connectivity index (χ1n) is 8.23. The molecule has 0 bridgehead atoms. The summed E-state index contributed by atoms with van der Waals surface area (Å²) in [6.45, 7) is 4.41. The van der Waals surface area contributed by atoms with Gasteiger partial charge in [0, 0.05) is 23.3 Å². The molecule has 24 heavy (non-hydrogen) atoms. The zero-order chi connectivity index (χ0) is 17.1. The van der Waals surface area contributed by atoms with Crippen molar-refractivity contribution in [3.05, 3.63) is 84.2 Å². The van der Waals surface area contributed by atoms with E-state index in [4.69, 9.17) is 11.5 Å². The molecule has 0 aliphatic carbocycles. The lowest BCUT2D eigenvalue weighted by Gasteiger charge is -2.37. The van der Waals surface area contributed by atoms with E-state index < -0.39 is 0 Å². The molecule has 0 saturated carbocycles. The second-order valence-corrected chi connectivity index (χ2v) is 6.37. The molecule has 4 N–H and O–H groups in total. The molecule has 2 aromatic rings. The Morgan fingerprint density at radius 2 is 1.33 bits per heavy atom. The number of hydrogen-bond acceptors (Lipinski definition) is 4. The zero-order valence-corrected chi connectivity index (χ0v) is 14.2. The van der Waals surface area contributed by atoms with Crippen LogP contribution in [0, 0.1) is 5.92 Å². The van der Waals surface area contributed by atoms with E-state index >= 15 is 0 Å². The quantitative estimate of drug-likeness (QED) is 0.895. The average Bonchev–Trinajstić information content (AvgIpc) is 2.59. The van der Waals surface area contributed by atoms with Gasteiger partial charge in [-0.05, 0) is 36.6 Å². The highest BCUT2D eigenvalue weighted by molar-refractivity contribution is 5.66. The van der Waals surface area contributed by atoms with Gasteiger partial charge in [-0.25, -0.2) is 0 Å². The number of benzene rings is 2. The Hall–Kier alpha value is -2.88. The van der Waals surface area contributed by atoms with Crippen molar-refractivity contribution in [3.8, 4) is 0 Å². The van der Waals surface area contributed by atoms with Crippen molar-refractivity contribution in [3.63, 3.8) is 0 Å². The zero-order valence-electron chi connectivity index (χ0n) is 14.2. The van der Waals surface area contributed by atoms with E-state index in [0.29, 0.717) is 17.6 Å². The highest BCUT2D eigenvalue weighted by atomic mass is 15.3. The first kappa shape index (κ1) is 16.0. The van der Waals surface area contributed by atoms with Gasteiger partial charge in [-0.1, -0.05) is 50.2 Å². The third kappa shape index (κ3) is 3.08. The van der Waals surface area contributed by atoms with E-state index in [1.54, 1.807) is 0 Å². The van der Waals surface area contributed by atoms with Gasteiger partial charge in [-0.15, -0.1) is 0 Å². The summed E-state index contributed by atoms with van der Waals surface area (Å²) >= 11 is 0. The number of rotatable bonds is 4. The smallest absolute Gasteiger partial charge is 0.150 e. The van der Waals surface area contributed by atoms with Crippen LogP contribution in [0.1, 0.15) is 20.3 Å². The molecular formula is C20H24N4. The van der Waals surface area contributed by atoms with E-state index in [0.717, 1.165) is 23.5 Å². The molecular weight excluding hydrogens is 296 g/mol. The molecule has 0 unspecified atom stereocenters. The summed E-state index contributed by atoms with van der Waals surface area (Å²) in [4.78, 5) is 4.02. The van der Waals surface area contributed by atoms with Gasteiger partial charge in [-0.2, -0.15) is 0 Å². The van der Waals surface area contributed by atoms with Gasteiger partial charge in [0.05, 0.1) is 0 Å². The van der Waals surface area contributed by atoms with Gasteiger partial charge >= 0.3 is 0 Å². The Labute approximate surface area is 143 Å². The summed E-state index contributed by atoms with van der Waals surface area (Å²) in [6, 6.07) is 20.2. The van der Waals surface area contributed by atoms with Crippen LogP contribution in [0.25, 0.3) is 0 Å². The third-order valence-corrected chi connectivity index (χ3v) is 3.99. The van der Waals surface area contributed by atoms with Crippen LogP contribution in [-0.2, 0) is 0 Å². The maximum Gasteiger partial charge on any atom is 0.150 e. The highest BCUT2D eigenvalue weighted by Gasteiger charge is 2.26. The van der Waals surface area contributed by atoms with Gasteiger partial charge in [0.15, 0.2) is 0 Å². The molecule has 1 aliphatic rings. The molecule has 124 valence electrons. The van der Waals surface area contributed by atoms with Crippen LogP contribution < -0.4 is 21.3 Å². The van der Waals surface area contributed by atoms with Crippen molar-refractivity contribution in [2.45, 2.75) is 20.3 Å². The van der Waals surface area contributed by atoms with Crippen molar-refractivity contribution >= 4 is 11.4 Å². The maximum atomic E-state index is 6.45. The standard InChI is InChI=1S/C20H24N4/c1-15(2)13-18-14-23(16-9-5-3-6-10-16)19(21)20(22)24(18)17-11-7-4-8-12-17/h3-12,14-15H,13,21-22H2,1-2H3. The minimum absolute atomic E-state index is 0.507. The van der Waals surface area contributed by atoms with Crippen molar-refractivity contribution in [2.24, 2.45) is 17.4 Å². The first-order chi connectivity index (χ1) is 11.6. The Morgan fingerprint density at radius 3 is 1.88 bits per heavy atom. The van der Waals surface area contributed by atoms with E-state index in [9.17, 15) is 0 Å². The van der Waals surface area contributed by atoms with E-state index in [1.807, 2.05) is 65.6 Å². The van der Waals surface area contributed by atoms with Crippen LogP contribution >= 0.6 is 0 Å². The molecule has 0 amide bonds. The lowest BCUT2D eigenvalue weighted by Crippen LogP contribution is -2.41. The summed E-state index contributed by atoms with van der Waals surface area (Å²) in [7, 11) is 0. The van der Waals surface area contributed by atoms with Crippen LogP contribution in [-0.4, -0.2) is 0 Å². The molecule has 0 radical (unpaired) electrons. The molecule has 0 saturated heterocycles. The Kier molecular flexibility index (Phi) is 4.47. The molecule has 2 aromatic carbocycles. The molecule has 0 aromatic heterocycles. The van der Waals surface area contributed by atoms with Gasteiger partial charge < -0.3 is 11.5 Å². The second kappa shape index (κ2) is 6.71. The van der Waals surface area contributed by atoms with Crippen LogP contribution in [0.4, 0.5) is 11.4 Å². The fourth-order valence-electron chi connectivity index (χ4n) is 2.92. The van der Waals surface area contributed by atoms with Crippen molar-refractivity contribution < 1.29 is 0 Å². The number of allylic oxidation sites excluding steroid dienone is 1. The predicted octanol–water partition coefficient (Wildman–Crippen LogP) is 3.94. The molecule has 4 nitrogen and oxygen atoms in total. The van der Waals surface area contributed by atoms with Gasteiger partial charge in [0.25, 0.3) is 0 Å².